The average molecular weight is 270 g/mol. The van der Waals surface area contributed by atoms with E-state index in [1.165, 1.54) is 0 Å². The molecule has 1 heterocycles. The van der Waals surface area contributed by atoms with Crippen LogP contribution in [0.3, 0.4) is 0 Å². The van der Waals surface area contributed by atoms with Crippen LogP contribution in [0.5, 0.6) is 5.88 Å². The fourth-order valence-electron chi connectivity index (χ4n) is 1.89. The third kappa shape index (κ3) is 3.35. The van der Waals surface area contributed by atoms with Gasteiger partial charge < -0.3 is 10.1 Å². The third-order valence-corrected chi connectivity index (χ3v) is 3.10. The maximum Gasteiger partial charge on any atom is 0.251 e. The monoisotopic (exact) mass is 270 g/mol. The molecule has 1 amide bonds. The summed E-state index contributed by atoms with van der Waals surface area (Å²) in [5.41, 5.74) is 3.70. The van der Waals surface area contributed by atoms with E-state index in [-0.39, 0.29) is 5.91 Å². The summed E-state index contributed by atoms with van der Waals surface area (Å²) in [6.07, 6.45) is 1.70. The number of benzene rings is 1. The van der Waals surface area contributed by atoms with Crippen LogP contribution in [0.2, 0.25) is 0 Å². The molecular formula is C16H18N2O2. The second-order valence-electron chi connectivity index (χ2n) is 4.71. The van der Waals surface area contributed by atoms with Gasteiger partial charge in [0.1, 0.15) is 0 Å². The summed E-state index contributed by atoms with van der Waals surface area (Å²) in [5, 5.41) is 2.90. The van der Waals surface area contributed by atoms with Crippen molar-refractivity contribution < 1.29 is 9.53 Å². The average Bonchev–Trinajstić information content (AvgIpc) is 2.47. The molecule has 104 valence electrons. The fraction of sp³-hybridized carbons (Fsp3) is 0.250. The van der Waals surface area contributed by atoms with Gasteiger partial charge in [-0.25, -0.2) is 4.98 Å². The molecule has 4 nitrogen and oxygen atoms in total. The van der Waals surface area contributed by atoms with Crippen molar-refractivity contribution >= 4 is 5.91 Å². The molecule has 0 atom stereocenters. The van der Waals surface area contributed by atoms with Gasteiger partial charge in [0.15, 0.2) is 0 Å². The molecule has 0 fully saturated rings. The summed E-state index contributed by atoms with van der Waals surface area (Å²) < 4.78 is 4.99. The van der Waals surface area contributed by atoms with Gasteiger partial charge in [-0.15, -0.1) is 0 Å². The molecular weight excluding hydrogens is 252 g/mol. The first kappa shape index (κ1) is 14.1. The Labute approximate surface area is 118 Å². The van der Waals surface area contributed by atoms with Crippen LogP contribution in [0.25, 0.3) is 0 Å². The van der Waals surface area contributed by atoms with E-state index in [4.69, 9.17) is 4.74 Å². The molecule has 20 heavy (non-hydrogen) atoms. The molecule has 0 bridgehead atoms. The first-order valence-corrected chi connectivity index (χ1v) is 6.44. The second kappa shape index (κ2) is 6.19. The van der Waals surface area contributed by atoms with Gasteiger partial charge in [0, 0.05) is 24.4 Å². The lowest BCUT2D eigenvalue weighted by Gasteiger charge is -2.09. The smallest absolute Gasteiger partial charge is 0.251 e. The summed E-state index contributed by atoms with van der Waals surface area (Å²) in [4.78, 5) is 16.3. The quantitative estimate of drug-likeness (QED) is 0.929. The van der Waals surface area contributed by atoms with Crippen molar-refractivity contribution in [2.75, 3.05) is 7.11 Å². The maximum absolute atomic E-state index is 12.2. The molecule has 0 unspecified atom stereocenters. The first-order chi connectivity index (χ1) is 9.60. The summed E-state index contributed by atoms with van der Waals surface area (Å²) in [7, 11) is 1.57. The molecule has 1 N–H and O–H groups in total. The highest BCUT2D eigenvalue weighted by molar-refractivity contribution is 5.95. The molecule has 0 aliphatic rings. The Morgan fingerprint density at radius 1 is 1.25 bits per heavy atom. The minimum atomic E-state index is -0.0676. The molecule has 0 saturated heterocycles. The van der Waals surface area contributed by atoms with Gasteiger partial charge in [0.05, 0.1) is 7.11 Å². The second-order valence-corrected chi connectivity index (χ2v) is 4.71. The fourth-order valence-corrected chi connectivity index (χ4v) is 1.89. The number of rotatable bonds is 4. The molecule has 0 saturated carbocycles. The first-order valence-electron chi connectivity index (χ1n) is 6.44. The van der Waals surface area contributed by atoms with Gasteiger partial charge in [0.2, 0.25) is 5.88 Å². The highest BCUT2D eigenvalue weighted by Gasteiger charge is 2.08. The number of ether oxygens (including phenoxy) is 1. The minimum absolute atomic E-state index is 0.0676. The molecule has 1 aromatic carbocycles. The Kier molecular flexibility index (Phi) is 4.35. The van der Waals surface area contributed by atoms with E-state index in [0.717, 1.165) is 16.7 Å². The van der Waals surface area contributed by atoms with Gasteiger partial charge in [0.25, 0.3) is 5.91 Å². The number of carbonyl (C=O) groups excluding carboxylic acids is 1. The van der Waals surface area contributed by atoms with E-state index >= 15 is 0 Å². The van der Waals surface area contributed by atoms with Crippen LogP contribution in [-0.2, 0) is 6.54 Å². The van der Waals surface area contributed by atoms with Crippen LogP contribution >= 0.6 is 0 Å². The number of aryl methyl sites for hydroxylation is 2. The normalized spacial score (nSPS) is 10.2. The van der Waals surface area contributed by atoms with E-state index in [1.54, 1.807) is 19.4 Å². The Hall–Kier alpha value is -2.36. The molecule has 0 aliphatic heterocycles. The number of amides is 1. The van der Waals surface area contributed by atoms with Gasteiger partial charge in [-0.3, -0.25) is 4.79 Å². The lowest BCUT2D eigenvalue weighted by atomic mass is 10.1. The molecule has 0 aliphatic carbocycles. The third-order valence-electron chi connectivity index (χ3n) is 3.10. The zero-order valence-electron chi connectivity index (χ0n) is 11.9. The molecule has 2 rings (SSSR count). The lowest BCUT2D eigenvalue weighted by Crippen LogP contribution is -2.23. The van der Waals surface area contributed by atoms with Crippen molar-refractivity contribution in [3.63, 3.8) is 0 Å². The van der Waals surface area contributed by atoms with Gasteiger partial charge in [-0.2, -0.15) is 0 Å². The SMILES string of the molecule is COc1ccc(CNC(=O)c2cc(C)ccc2C)cn1. The largest absolute Gasteiger partial charge is 0.481 e. The van der Waals surface area contributed by atoms with E-state index in [0.29, 0.717) is 18.0 Å². The standard InChI is InChI=1S/C16H18N2O2/c1-11-4-5-12(2)14(8-11)16(19)18-10-13-6-7-15(20-3)17-9-13/h4-9H,10H2,1-3H3,(H,18,19). The number of carbonyl (C=O) groups is 1. The molecule has 0 spiro atoms. The van der Waals surface area contributed by atoms with Crippen LogP contribution in [0.15, 0.2) is 36.5 Å². The van der Waals surface area contributed by atoms with Crippen molar-refractivity contribution in [3.8, 4) is 5.88 Å². The number of methoxy groups -OCH3 is 1. The van der Waals surface area contributed by atoms with Crippen molar-refractivity contribution in [1.29, 1.82) is 0 Å². The summed E-state index contributed by atoms with van der Waals surface area (Å²) >= 11 is 0. The van der Waals surface area contributed by atoms with Crippen molar-refractivity contribution in [1.82, 2.24) is 10.3 Å². The van der Waals surface area contributed by atoms with Gasteiger partial charge >= 0.3 is 0 Å². The zero-order chi connectivity index (χ0) is 14.5. The summed E-state index contributed by atoms with van der Waals surface area (Å²) in [6, 6.07) is 9.52. The number of aromatic nitrogens is 1. The van der Waals surface area contributed by atoms with E-state index < -0.39 is 0 Å². The number of hydrogen-bond donors (Lipinski definition) is 1. The molecule has 2 aromatic rings. The molecule has 0 radical (unpaired) electrons. The predicted octanol–water partition coefficient (Wildman–Crippen LogP) is 2.64. The highest BCUT2D eigenvalue weighted by Crippen LogP contribution is 2.11. The number of pyridine rings is 1. The number of nitrogens with one attached hydrogen (secondary N) is 1. The Bertz CT molecular complexity index is 606. The van der Waals surface area contributed by atoms with Crippen molar-refractivity contribution in [2.24, 2.45) is 0 Å². The Morgan fingerprint density at radius 3 is 2.70 bits per heavy atom. The lowest BCUT2D eigenvalue weighted by molar-refractivity contribution is 0.0950. The minimum Gasteiger partial charge on any atom is -0.481 e. The van der Waals surface area contributed by atoms with Gasteiger partial charge in [-0.1, -0.05) is 23.8 Å². The van der Waals surface area contributed by atoms with Crippen LogP contribution in [0.4, 0.5) is 0 Å². The van der Waals surface area contributed by atoms with Crippen LogP contribution in [0.1, 0.15) is 27.0 Å². The van der Waals surface area contributed by atoms with Crippen molar-refractivity contribution in [2.45, 2.75) is 20.4 Å². The summed E-state index contributed by atoms with van der Waals surface area (Å²) in [6.45, 7) is 4.36. The van der Waals surface area contributed by atoms with Crippen LogP contribution < -0.4 is 10.1 Å². The Morgan fingerprint density at radius 2 is 2.05 bits per heavy atom. The van der Waals surface area contributed by atoms with Gasteiger partial charge in [-0.05, 0) is 31.0 Å². The highest BCUT2D eigenvalue weighted by atomic mass is 16.5. The summed E-state index contributed by atoms with van der Waals surface area (Å²) in [5.74, 6) is 0.497. The Balaban J connectivity index is 2.02. The topological polar surface area (TPSA) is 51.2 Å². The molecule has 1 aromatic heterocycles. The number of nitrogens with zero attached hydrogens (tertiary/aromatic N) is 1. The van der Waals surface area contributed by atoms with Crippen LogP contribution in [-0.4, -0.2) is 18.0 Å². The maximum atomic E-state index is 12.2. The van der Waals surface area contributed by atoms with E-state index in [2.05, 4.69) is 10.3 Å². The van der Waals surface area contributed by atoms with Crippen molar-refractivity contribution in [3.05, 3.63) is 58.8 Å². The van der Waals surface area contributed by atoms with E-state index in [9.17, 15) is 4.79 Å². The van der Waals surface area contributed by atoms with E-state index in [1.807, 2.05) is 38.1 Å². The molecule has 4 heteroatoms. The predicted molar refractivity (Wildman–Crippen MR) is 77.9 cm³/mol. The number of hydrogen-bond acceptors (Lipinski definition) is 3. The zero-order valence-corrected chi connectivity index (χ0v) is 11.9. The van der Waals surface area contributed by atoms with Crippen LogP contribution in [0, 0.1) is 13.8 Å².